The minimum atomic E-state index is -0.169. The molecule has 1 N–H and O–H groups in total. The van der Waals surface area contributed by atoms with Gasteiger partial charge in [0.25, 0.3) is 0 Å². The fourth-order valence-electron chi connectivity index (χ4n) is 2.79. The molecule has 1 aliphatic heterocycles. The minimum absolute atomic E-state index is 0.0978. The number of ether oxygens (including phenoxy) is 2. The van der Waals surface area contributed by atoms with Crippen LogP contribution in [-0.2, 0) is 16.1 Å². The maximum Gasteiger partial charge on any atom is 0.231 e. The van der Waals surface area contributed by atoms with E-state index in [2.05, 4.69) is 5.32 Å². The lowest BCUT2D eigenvalue weighted by molar-refractivity contribution is -0.129. The van der Waals surface area contributed by atoms with Crippen LogP contribution in [-0.4, -0.2) is 30.1 Å². The van der Waals surface area contributed by atoms with Crippen LogP contribution in [0.1, 0.15) is 24.5 Å². The average molecular weight is 389 g/mol. The predicted octanol–water partition coefficient (Wildman–Crippen LogP) is 3.75. The third-order valence-electron chi connectivity index (χ3n) is 4.34. The van der Waals surface area contributed by atoms with Gasteiger partial charge in [0.1, 0.15) is 0 Å². The molecule has 27 heavy (non-hydrogen) atoms. The highest BCUT2D eigenvalue weighted by Crippen LogP contribution is 2.32. The molecule has 0 unspecified atom stereocenters. The van der Waals surface area contributed by atoms with Gasteiger partial charge in [0.15, 0.2) is 11.5 Å². The summed E-state index contributed by atoms with van der Waals surface area (Å²) in [5.41, 5.74) is 2.52. The monoisotopic (exact) mass is 388 g/mol. The molecule has 3 rings (SSSR count). The number of amides is 2. The van der Waals surface area contributed by atoms with E-state index in [9.17, 15) is 9.59 Å². The second kappa shape index (κ2) is 8.31. The summed E-state index contributed by atoms with van der Waals surface area (Å²) in [7, 11) is 0. The van der Waals surface area contributed by atoms with E-state index in [-0.39, 0.29) is 25.0 Å². The summed E-state index contributed by atoms with van der Waals surface area (Å²) in [4.78, 5) is 25.9. The van der Waals surface area contributed by atoms with Crippen LogP contribution in [0.25, 0.3) is 0 Å². The van der Waals surface area contributed by atoms with Crippen LogP contribution >= 0.6 is 11.6 Å². The quantitative estimate of drug-likeness (QED) is 0.818. The number of aryl methyl sites for hydroxylation is 1. The second-order valence-electron chi connectivity index (χ2n) is 6.39. The van der Waals surface area contributed by atoms with Crippen molar-refractivity contribution in [2.75, 3.05) is 18.7 Å². The van der Waals surface area contributed by atoms with Crippen LogP contribution in [0.5, 0.6) is 11.5 Å². The first-order chi connectivity index (χ1) is 12.9. The topological polar surface area (TPSA) is 67.9 Å². The number of rotatable bonds is 6. The van der Waals surface area contributed by atoms with Gasteiger partial charge in [-0.1, -0.05) is 23.7 Å². The van der Waals surface area contributed by atoms with E-state index < -0.39 is 0 Å². The first-order valence-corrected chi connectivity index (χ1v) is 9.00. The van der Waals surface area contributed by atoms with Crippen molar-refractivity contribution in [1.29, 1.82) is 0 Å². The van der Waals surface area contributed by atoms with Gasteiger partial charge >= 0.3 is 0 Å². The first kappa shape index (κ1) is 19.0. The van der Waals surface area contributed by atoms with Crippen molar-refractivity contribution in [1.82, 2.24) is 4.90 Å². The highest BCUT2D eigenvalue weighted by Gasteiger charge is 2.17. The molecule has 6 nitrogen and oxygen atoms in total. The number of anilines is 1. The summed E-state index contributed by atoms with van der Waals surface area (Å²) in [6.07, 6.45) is 0.191. The molecular weight excluding hydrogens is 368 g/mol. The highest BCUT2D eigenvalue weighted by molar-refractivity contribution is 6.31. The molecular formula is C20H21ClN2O4. The Morgan fingerprint density at radius 3 is 2.70 bits per heavy atom. The Morgan fingerprint density at radius 2 is 1.93 bits per heavy atom. The van der Waals surface area contributed by atoms with Gasteiger partial charge in [-0.05, 0) is 42.3 Å². The molecule has 2 aromatic carbocycles. The summed E-state index contributed by atoms with van der Waals surface area (Å²) >= 11 is 5.98. The van der Waals surface area contributed by atoms with Crippen LogP contribution in [0.4, 0.5) is 5.69 Å². The van der Waals surface area contributed by atoms with Crippen molar-refractivity contribution in [2.24, 2.45) is 0 Å². The Labute approximate surface area is 163 Å². The summed E-state index contributed by atoms with van der Waals surface area (Å²) in [5.74, 6) is 1.10. The van der Waals surface area contributed by atoms with Crippen molar-refractivity contribution in [2.45, 2.75) is 26.8 Å². The van der Waals surface area contributed by atoms with E-state index in [1.165, 1.54) is 6.92 Å². The van der Waals surface area contributed by atoms with E-state index in [0.29, 0.717) is 35.3 Å². The number of benzene rings is 2. The molecule has 0 atom stereocenters. The molecule has 7 heteroatoms. The highest BCUT2D eigenvalue weighted by atomic mass is 35.5. The van der Waals surface area contributed by atoms with Gasteiger partial charge in [0, 0.05) is 37.1 Å². The van der Waals surface area contributed by atoms with E-state index in [4.69, 9.17) is 21.1 Å². The summed E-state index contributed by atoms with van der Waals surface area (Å²) < 4.78 is 10.7. The molecule has 2 amide bonds. The molecule has 0 radical (unpaired) electrons. The maximum absolute atomic E-state index is 12.3. The fraction of sp³-hybridized carbons (Fsp3) is 0.300. The number of nitrogens with zero attached hydrogens (tertiary/aromatic N) is 1. The number of halogens is 1. The molecule has 1 heterocycles. The summed E-state index contributed by atoms with van der Waals surface area (Å²) in [6.45, 7) is 4.31. The molecule has 0 aliphatic carbocycles. The Balaban J connectivity index is 1.59. The zero-order chi connectivity index (χ0) is 19.4. The van der Waals surface area contributed by atoms with Crippen molar-refractivity contribution < 1.29 is 19.1 Å². The maximum atomic E-state index is 12.3. The van der Waals surface area contributed by atoms with Crippen molar-refractivity contribution in [3.05, 3.63) is 52.5 Å². The van der Waals surface area contributed by atoms with Gasteiger partial charge in [-0.25, -0.2) is 0 Å². The Bertz CT molecular complexity index is 869. The zero-order valence-corrected chi connectivity index (χ0v) is 16.0. The lowest BCUT2D eigenvalue weighted by Crippen LogP contribution is -2.31. The first-order valence-electron chi connectivity index (χ1n) is 8.62. The standard InChI is InChI=1S/C20H21ClN2O4/c1-13-3-5-16(21)10-17(13)22-20(25)7-8-23(14(2)24)11-15-4-6-18-19(9-15)27-12-26-18/h3-6,9-10H,7-8,11-12H2,1-2H3,(H,22,25). The van der Waals surface area contributed by atoms with Crippen molar-refractivity contribution in [3.63, 3.8) is 0 Å². The van der Waals surface area contributed by atoms with Crippen LogP contribution in [0.2, 0.25) is 5.02 Å². The third kappa shape index (κ3) is 4.92. The number of nitrogens with one attached hydrogen (secondary N) is 1. The third-order valence-corrected chi connectivity index (χ3v) is 4.57. The SMILES string of the molecule is CC(=O)N(CCC(=O)Nc1cc(Cl)ccc1C)Cc1ccc2c(c1)OCO2. The summed E-state index contributed by atoms with van der Waals surface area (Å²) in [5, 5.41) is 3.40. The van der Waals surface area contributed by atoms with E-state index in [1.807, 2.05) is 31.2 Å². The molecule has 2 aromatic rings. The molecule has 0 spiro atoms. The molecule has 0 bridgehead atoms. The zero-order valence-electron chi connectivity index (χ0n) is 15.3. The Morgan fingerprint density at radius 1 is 1.15 bits per heavy atom. The lowest BCUT2D eigenvalue weighted by Gasteiger charge is -2.21. The number of carbonyl (C=O) groups excluding carboxylic acids is 2. The number of fused-ring (bicyclic) bond motifs is 1. The smallest absolute Gasteiger partial charge is 0.231 e. The van der Waals surface area contributed by atoms with Crippen molar-refractivity contribution in [3.8, 4) is 11.5 Å². The molecule has 0 aromatic heterocycles. The number of hydrogen-bond acceptors (Lipinski definition) is 4. The lowest BCUT2D eigenvalue weighted by atomic mass is 10.1. The van der Waals surface area contributed by atoms with Crippen LogP contribution in [0.15, 0.2) is 36.4 Å². The normalized spacial score (nSPS) is 12.0. The predicted molar refractivity (Wildman–Crippen MR) is 103 cm³/mol. The van der Waals surface area contributed by atoms with Gasteiger partial charge in [0.2, 0.25) is 18.6 Å². The van der Waals surface area contributed by atoms with Crippen molar-refractivity contribution >= 4 is 29.1 Å². The number of carbonyl (C=O) groups is 2. The Hall–Kier alpha value is -2.73. The average Bonchev–Trinajstić information content (AvgIpc) is 3.09. The molecule has 142 valence electrons. The van der Waals surface area contributed by atoms with Crippen LogP contribution in [0, 0.1) is 6.92 Å². The van der Waals surface area contributed by atoms with Crippen LogP contribution in [0.3, 0.4) is 0 Å². The molecule has 0 fully saturated rings. The van der Waals surface area contributed by atoms with E-state index in [0.717, 1.165) is 11.1 Å². The van der Waals surface area contributed by atoms with Gasteiger partial charge < -0.3 is 19.7 Å². The largest absolute Gasteiger partial charge is 0.454 e. The van der Waals surface area contributed by atoms with E-state index >= 15 is 0 Å². The second-order valence-corrected chi connectivity index (χ2v) is 6.82. The molecule has 0 saturated heterocycles. The van der Waals surface area contributed by atoms with Gasteiger partial charge in [-0.3, -0.25) is 9.59 Å². The van der Waals surface area contributed by atoms with E-state index in [1.54, 1.807) is 17.0 Å². The Kier molecular flexibility index (Phi) is 5.86. The fourth-order valence-corrected chi connectivity index (χ4v) is 2.96. The molecule has 0 saturated carbocycles. The van der Waals surface area contributed by atoms with Crippen LogP contribution < -0.4 is 14.8 Å². The number of hydrogen-bond donors (Lipinski definition) is 1. The van der Waals surface area contributed by atoms with Gasteiger partial charge in [0.05, 0.1) is 0 Å². The summed E-state index contributed by atoms with van der Waals surface area (Å²) in [6, 6.07) is 10.9. The molecule has 1 aliphatic rings. The van der Waals surface area contributed by atoms with Gasteiger partial charge in [-0.15, -0.1) is 0 Å². The minimum Gasteiger partial charge on any atom is -0.454 e. The van der Waals surface area contributed by atoms with Gasteiger partial charge in [-0.2, -0.15) is 0 Å².